The second-order valence-electron chi connectivity index (χ2n) is 6.89. The largest absolute Gasteiger partial charge is 0.425 e. The van der Waals surface area contributed by atoms with Crippen LogP contribution >= 0.6 is 0 Å². The number of rotatable bonds is 3. The van der Waals surface area contributed by atoms with Crippen LogP contribution in [0.5, 0.6) is 0 Å². The van der Waals surface area contributed by atoms with Crippen molar-refractivity contribution in [2.45, 2.75) is 44.9 Å². The highest BCUT2D eigenvalue weighted by atomic mass is 16.4. The van der Waals surface area contributed by atoms with E-state index in [0.29, 0.717) is 11.5 Å². The summed E-state index contributed by atoms with van der Waals surface area (Å²) in [5, 5.41) is 17.6. The average Bonchev–Trinajstić information content (AvgIpc) is 3.28. The molecule has 4 rings (SSSR count). The number of fused-ring (bicyclic) bond motifs is 1. The van der Waals surface area contributed by atoms with Crippen molar-refractivity contribution in [3.05, 3.63) is 35.2 Å². The molecule has 3 heterocycles. The van der Waals surface area contributed by atoms with Crippen LogP contribution in [0.3, 0.4) is 0 Å². The van der Waals surface area contributed by atoms with Gasteiger partial charge in [-0.2, -0.15) is 5.26 Å². The van der Waals surface area contributed by atoms with E-state index in [2.05, 4.69) is 26.2 Å². The molecular formula is C18H21N5O. The molecule has 1 saturated heterocycles. The topological polar surface area (TPSA) is 78.8 Å². The molecule has 0 spiro atoms. The van der Waals surface area contributed by atoms with Gasteiger partial charge in [-0.15, -0.1) is 10.2 Å². The van der Waals surface area contributed by atoms with Gasteiger partial charge in [0.25, 0.3) is 0 Å². The Kier molecular flexibility index (Phi) is 3.52. The van der Waals surface area contributed by atoms with E-state index in [4.69, 9.17) is 9.68 Å². The van der Waals surface area contributed by atoms with Crippen molar-refractivity contribution in [3.63, 3.8) is 0 Å². The summed E-state index contributed by atoms with van der Waals surface area (Å²) in [4.78, 5) is 6.95. The normalized spacial score (nSPS) is 25.7. The summed E-state index contributed by atoms with van der Waals surface area (Å²) in [6.45, 7) is 5.75. The van der Waals surface area contributed by atoms with Gasteiger partial charge in [-0.05, 0) is 37.8 Å². The Hall–Kier alpha value is -2.42. The summed E-state index contributed by atoms with van der Waals surface area (Å²) in [6, 6.07) is 5.99. The van der Waals surface area contributed by atoms with E-state index < -0.39 is 0 Å². The number of aromatic nitrogens is 3. The number of hydrogen-bond donors (Lipinski definition) is 0. The molecule has 0 aromatic carbocycles. The second kappa shape index (κ2) is 5.59. The molecular weight excluding hydrogens is 302 g/mol. The summed E-state index contributed by atoms with van der Waals surface area (Å²) < 4.78 is 5.95. The van der Waals surface area contributed by atoms with Crippen LogP contribution in [-0.2, 0) is 11.8 Å². The van der Waals surface area contributed by atoms with Gasteiger partial charge in [-0.25, -0.2) is 4.98 Å². The van der Waals surface area contributed by atoms with Crippen molar-refractivity contribution in [1.29, 1.82) is 5.26 Å². The molecule has 2 aromatic rings. The van der Waals surface area contributed by atoms with E-state index in [-0.39, 0.29) is 5.41 Å². The number of aryl methyl sites for hydroxylation is 2. The van der Waals surface area contributed by atoms with Crippen LogP contribution in [-0.4, -0.2) is 28.3 Å². The number of hydrogen-bond acceptors (Lipinski definition) is 6. The Morgan fingerprint density at radius 1 is 1.42 bits per heavy atom. The van der Waals surface area contributed by atoms with Gasteiger partial charge in [0.05, 0.1) is 16.7 Å². The van der Waals surface area contributed by atoms with Crippen LogP contribution in [0.25, 0.3) is 0 Å². The zero-order valence-corrected chi connectivity index (χ0v) is 14.1. The smallest absolute Gasteiger partial charge is 0.224 e. The predicted molar refractivity (Wildman–Crippen MR) is 88.6 cm³/mol. The summed E-state index contributed by atoms with van der Waals surface area (Å²) in [7, 11) is 0. The van der Waals surface area contributed by atoms with Crippen LogP contribution < -0.4 is 4.90 Å². The van der Waals surface area contributed by atoms with Crippen molar-refractivity contribution in [1.82, 2.24) is 15.2 Å². The molecule has 0 bridgehead atoms. The fourth-order valence-electron chi connectivity index (χ4n) is 4.25. The first-order valence-electron chi connectivity index (χ1n) is 8.62. The number of nitrogens with zero attached hydrogens (tertiary/aromatic N) is 5. The molecule has 6 heteroatoms. The minimum absolute atomic E-state index is 0.0378. The fourth-order valence-corrected chi connectivity index (χ4v) is 4.25. The van der Waals surface area contributed by atoms with E-state index in [9.17, 15) is 0 Å². The Morgan fingerprint density at radius 2 is 2.29 bits per heavy atom. The van der Waals surface area contributed by atoms with Crippen LogP contribution in [0.4, 0.5) is 5.82 Å². The van der Waals surface area contributed by atoms with Gasteiger partial charge in [-0.3, -0.25) is 0 Å². The first kappa shape index (κ1) is 15.1. The molecule has 1 aliphatic heterocycles. The minimum atomic E-state index is -0.0378. The van der Waals surface area contributed by atoms with Gasteiger partial charge in [0.15, 0.2) is 0 Å². The van der Waals surface area contributed by atoms with Crippen LogP contribution in [0.1, 0.15) is 49.2 Å². The molecule has 1 saturated carbocycles. The maximum Gasteiger partial charge on any atom is 0.224 e. The summed E-state index contributed by atoms with van der Waals surface area (Å²) in [5.41, 5.74) is 1.38. The molecule has 0 amide bonds. The van der Waals surface area contributed by atoms with Crippen LogP contribution in [0.15, 0.2) is 16.5 Å². The third kappa shape index (κ3) is 2.19. The average molecular weight is 323 g/mol. The molecule has 1 aliphatic carbocycles. The monoisotopic (exact) mass is 323 g/mol. The summed E-state index contributed by atoms with van der Waals surface area (Å²) >= 11 is 0. The molecule has 0 radical (unpaired) electrons. The molecule has 124 valence electrons. The van der Waals surface area contributed by atoms with Gasteiger partial charge in [0, 0.05) is 19.5 Å². The van der Waals surface area contributed by atoms with E-state index >= 15 is 0 Å². The van der Waals surface area contributed by atoms with Gasteiger partial charge >= 0.3 is 0 Å². The zero-order chi connectivity index (χ0) is 16.7. The van der Waals surface area contributed by atoms with Crippen molar-refractivity contribution in [3.8, 4) is 6.07 Å². The highest BCUT2D eigenvalue weighted by molar-refractivity contribution is 5.48. The maximum atomic E-state index is 9.09. The lowest BCUT2D eigenvalue weighted by Gasteiger charge is -2.24. The molecule has 0 N–H and O–H groups in total. The SMILES string of the molecule is CCc1nnc([C@]23CCC[C@H]2CN(c2ccc(C#N)c(C)n2)C3)o1. The lowest BCUT2D eigenvalue weighted by molar-refractivity contribution is 0.297. The van der Waals surface area contributed by atoms with Crippen molar-refractivity contribution < 1.29 is 4.42 Å². The number of anilines is 1. The zero-order valence-electron chi connectivity index (χ0n) is 14.1. The van der Waals surface area contributed by atoms with Gasteiger partial charge in [0.2, 0.25) is 11.8 Å². The van der Waals surface area contributed by atoms with Crippen LogP contribution in [0.2, 0.25) is 0 Å². The first-order valence-corrected chi connectivity index (χ1v) is 8.62. The van der Waals surface area contributed by atoms with Crippen molar-refractivity contribution in [2.24, 2.45) is 5.92 Å². The maximum absolute atomic E-state index is 9.09. The lowest BCUT2D eigenvalue weighted by atomic mass is 9.80. The first-order chi connectivity index (χ1) is 11.7. The van der Waals surface area contributed by atoms with Crippen molar-refractivity contribution >= 4 is 5.82 Å². The molecule has 0 unspecified atom stereocenters. The molecule has 2 aromatic heterocycles. The Balaban J connectivity index is 1.66. The predicted octanol–water partition coefficient (Wildman–Crippen LogP) is 2.77. The third-order valence-corrected chi connectivity index (χ3v) is 5.58. The summed E-state index contributed by atoms with van der Waals surface area (Å²) in [5.74, 6) is 2.99. The Labute approximate surface area is 141 Å². The van der Waals surface area contributed by atoms with E-state index in [1.807, 2.05) is 26.0 Å². The molecule has 24 heavy (non-hydrogen) atoms. The Morgan fingerprint density at radius 3 is 3.00 bits per heavy atom. The summed E-state index contributed by atoms with van der Waals surface area (Å²) in [6.07, 6.45) is 4.26. The van der Waals surface area contributed by atoms with Gasteiger partial charge in [0.1, 0.15) is 11.9 Å². The van der Waals surface area contributed by atoms with Crippen molar-refractivity contribution in [2.75, 3.05) is 18.0 Å². The van der Waals surface area contributed by atoms with E-state index in [1.54, 1.807) is 0 Å². The third-order valence-electron chi connectivity index (χ3n) is 5.58. The standard InChI is InChI=1S/C18H21N5O/c1-3-16-21-22-17(24-16)18-8-4-5-14(18)10-23(11-18)15-7-6-13(9-19)12(2)20-15/h6-7,14H,3-5,8,10-11H2,1-2H3/t14-,18-/m0/s1. The van der Waals surface area contributed by atoms with Crippen LogP contribution in [0, 0.1) is 24.2 Å². The van der Waals surface area contributed by atoms with Gasteiger partial charge < -0.3 is 9.32 Å². The van der Waals surface area contributed by atoms with Gasteiger partial charge in [-0.1, -0.05) is 13.3 Å². The minimum Gasteiger partial charge on any atom is -0.425 e. The highest BCUT2D eigenvalue weighted by Crippen LogP contribution is 2.50. The lowest BCUT2D eigenvalue weighted by Crippen LogP contribution is -2.32. The molecule has 2 atom stereocenters. The number of nitriles is 1. The quantitative estimate of drug-likeness (QED) is 0.864. The molecule has 2 fully saturated rings. The molecule has 6 nitrogen and oxygen atoms in total. The second-order valence-corrected chi connectivity index (χ2v) is 6.89. The van der Waals surface area contributed by atoms with E-state index in [0.717, 1.165) is 49.2 Å². The van der Waals surface area contributed by atoms with E-state index in [1.165, 1.54) is 12.8 Å². The number of pyridine rings is 1. The highest BCUT2D eigenvalue weighted by Gasteiger charge is 2.54. The fraction of sp³-hybridized carbons (Fsp3) is 0.556. The molecule has 2 aliphatic rings. The Bertz CT molecular complexity index is 808.